The highest BCUT2D eigenvalue weighted by atomic mass is 79.9. The summed E-state index contributed by atoms with van der Waals surface area (Å²) in [7, 11) is 0. The maximum Gasteiger partial charge on any atom is 0.252 e. The molecular formula is C15H21BrFNO. The number of benzene rings is 1. The van der Waals surface area contributed by atoms with Crippen molar-refractivity contribution in [3.8, 4) is 0 Å². The number of halogens is 2. The lowest BCUT2D eigenvalue weighted by Crippen LogP contribution is -2.32. The maximum atomic E-state index is 13.1. The van der Waals surface area contributed by atoms with Gasteiger partial charge in [-0.1, -0.05) is 26.7 Å². The standard InChI is InChI=1S/C15H21BrFNO/c1-10(2)5-4-6-11(3)18-15(19)13-9-12(17)7-8-14(13)16/h7-11H,4-6H2,1-3H3,(H,18,19). The Labute approximate surface area is 122 Å². The van der Waals surface area contributed by atoms with Crippen molar-refractivity contribution in [1.82, 2.24) is 5.32 Å². The van der Waals surface area contributed by atoms with Crippen LogP contribution >= 0.6 is 15.9 Å². The lowest BCUT2D eigenvalue weighted by Gasteiger charge is -2.15. The van der Waals surface area contributed by atoms with Gasteiger partial charge in [0.15, 0.2) is 0 Å². The molecule has 0 aliphatic rings. The van der Waals surface area contributed by atoms with Crippen LogP contribution in [0.15, 0.2) is 22.7 Å². The van der Waals surface area contributed by atoms with E-state index in [2.05, 4.69) is 35.1 Å². The molecular weight excluding hydrogens is 309 g/mol. The van der Waals surface area contributed by atoms with E-state index in [1.807, 2.05) is 6.92 Å². The SMILES string of the molecule is CC(C)CCCC(C)NC(=O)c1cc(F)ccc1Br. The molecule has 106 valence electrons. The van der Waals surface area contributed by atoms with Gasteiger partial charge in [0.1, 0.15) is 5.82 Å². The van der Waals surface area contributed by atoms with E-state index < -0.39 is 5.82 Å². The van der Waals surface area contributed by atoms with Crippen LogP contribution in [0.2, 0.25) is 0 Å². The molecule has 0 aliphatic carbocycles. The minimum absolute atomic E-state index is 0.0985. The third kappa shape index (κ3) is 5.72. The van der Waals surface area contributed by atoms with E-state index in [1.165, 1.54) is 12.1 Å². The number of amides is 1. The Morgan fingerprint density at radius 2 is 2.00 bits per heavy atom. The summed E-state index contributed by atoms with van der Waals surface area (Å²) in [4.78, 5) is 12.0. The first-order valence-corrected chi connectivity index (χ1v) is 7.45. The normalized spacial score (nSPS) is 12.5. The van der Waals surface area contributed by atoms with Gasteiger partial charge in [0.2, 0.25) is 0 Å². The highest BCUT2D eigenvalue weighted by Crippen LogP contribution is 2.18. The van der Waals surface area contributed by atoms with E-state index in [0.29, 0.717) is 16.0 Å². The van der Waals surface area contributed by atoms with E-state index >= 15 is 0 Å². The fourth-order valence-electron chi connectivity index (χ4n) is 1.88. The van der Waals surface area contributed by atoms with Crippen molar-refractivity contribution in [2.45, 2.75) is 46.1 Å². The summed E-state index contributed by atoms with van der Waals surface area (Å²) in [5.41, 5.74) is 0.343. The quantitative estimate of drug-likeness (QED) is 0.816. The highest BCUT2D eigenvalue weighted by Gasteiger charge is 2.13. The van der Waals surface area contributed by atoms with Crippen molar-refractivity contribution in [2.75, 3.05) is 0 Å². The minimum Gasteiger partial charge on any atom is -0.350 e. The topological polar surface area (TPSA) is 29.1 Å². The molecule has 0 radical (unpaired) electrons. The maximum absolute atomic E-state index is 13.1. The molecule has 0 saturated heterocycles. The zero-order chi connectivity index (χ0) is 14.4. The molecule has 0 saturated carbocycles. The van der Waals surface area contributed by atoms with Gasteiger partial charge in [0.25, 0.3) is 5.91 Å². The Balaban J connectivity index is 2.52. The van der Waals surface area contributed by atoms with Crippen LogP contribution in [0.3, 0.4) is 0 Å². The fourth-order valence-corrected chi connectivity index (χ4v) is 2.30. The third-order valence-corrected chi connectivity index (χ3v) is 3.66. The van der Waals surface area contributed by atoms with Crippen LogP contribution in [0.1, 0.15) is 50.4 Å². The molecule has 1 aromatic rings. The van der Waals surface area contributed by atoms with Gasteiger partial charge in [-0.2, -0.15) is 0 Å². The number of rotatable bonds is 6. The highest BCUT2D eigenvalue weighted by molar-refractivity contribution is 9.10. The van der Waals surface area contributed by atoms with Gasteiger partial charge >= 0.3 is 0 Å². The molecule has 4 heteroatoms. The fraction of sp³-hybridized carbons (Fsp3) is 0.533. The molecule has 0 heterocycles. The number of carbonyl (C=O) groups excluding carboxylic acids is 1. The molecule has 0 spiro atoms. The van der Waals surface area contributed by atoms with Gasteiger partial charge in [-0.05, 0) is 53.4 Å². The lowest BCUT2D eigenvalue weighted by molar-refractivity contribution is 0.0936. The van der Waals surface area contributed by atoms with Crippen LogP contribution in [0.25, 0.3) is 0 Å². The third-order valence-electron chi connectivity index (χ3n) is 2.97. The number of hydrogen-bond acceptors (Lipinski definition) is 1. The second-order valence-corrected chi connectivity index (χ2v) is 6.18. The van der Waals surface area contributed by atoms with Gasteiger partial charge in [-0.25, -0.2) is 4.39 Å². The van der Waals surface area contributed by atoms with Gasteiger partial charge in [0.05, 0.1) is 5.56 Å². The molecule has 1 N–H and O–H groups in total. The summed E-state index contributed by atoms with van der Waals surface area (Å²) in [5, 5.41) is 2.90. The zero-order valence-corrected chi connectivity index (χ0v) is 13.3. The summed E-state index contributed by atoms with van der Waals surface area (Å²) in [5.74, 6) is 0.0458. The average molecular weight is 330 g/mol. The predicted octanol–water partition coefficient (Wildman–Crippen LogP) is 4.53. The van der Waals surface area contributed by atoms with Crippen LogP contribution < -0.4 is 5.32 Å². The van der Waals surface area contributed by atoms with Crippen LogP contribution in [0, 0.1) is 11.7 Å². The Bertz CT molecular complexity index is 434. The number of hydrogen-bond donors (Lipinski definition) is 1. The Kier molecular flexibility index (Phi) is 6.49. The van der Waals surface area contributed by atoms with Crippen LogP contribution in [0.5, 0.6) is 0 Å². The van der Waals surface area contributed by atoms with Crippen molar-refractivity contribution >= 4 is 21.8 Å². The number of carbonyl (C=O) groups is 1. The molecule has 0 aromatic heterocycles. The van der Waals surface area contributed by atoms with Gasteiger partial charge in [-0.3, -0.25) is 4.79 Å². The van der Waals surface area contributed by atoms with E-state index in [9.17, 15) is 9.18 Å². The first-order valence-electron chi connectivity index (χ1n) is 6.66. The van der Waals surface area contributed by atoms with Gasteiger partial charge in [0, 0.05) is 10.5 Å². The first-order chi connectivity index (χ1) is 8.90. The second kappa shape index (κ2) is 7.63. The lowest BCUT2D eigenvalue weighted by atomic mass is 10.0. The van der Waals surface area contributed by atoms with Crippen molar-refractivity contribution in [3.63, 3.8) is 0 Å². The first kappa shape index (κ1) is 16.2. The van der Waals surface area contributed by atoms with E-state index in [4.69, 9.17) is 0 Å². The smallest absolute Gasteiger partial charge is 0.252 e. The molecule has 1 atom stereocenters. The van der Waals surface area contributed by atoms with Crippen molar-refractivity contribution < 1.29 is 9.18 Å². The van der Waals surface area contributed by atoms with Gasteiger partial charge < -0.3 is 5.32 Å². The second-order valence-electron chi connectivity index (χ2n) is 5.32. The molecule has 1 unspecified atom stereocenters. The van der Waals surface area contributed by atoms with E-state index in [-0.39, 0.29) is 11.9 Å². The van der Waals surface area contributed by atoms with Crippen LogP contribution in [-0.2, 0) is 0 Å². The Morgan fingerprint density at radius 3 is 2.63 bits per heavy atom. The summed E-state index contributed by atoms with van der Waals surface area (Å²) < 4.78 is 13.7. The monoisotopic (exact) mass is 329 g/mol. The molecule has 2 nitrogen and oxygen atoms in total. The zero-order valence-electron chi connectivity index (χ0n) is 11.7. The summed E-state index contributed by atoms with van der Waals surface area (Å²) in [6.07, 6.45) is 3.18. The van der Waals surface area contributed by atoms with Crippen molar-refractivity contribution in [3.05, 3.63) is 34.1 Å². The van der Waals surface area contributed by atoms with E-state index in [1.54, 1.807) is 6.07 Å². The van der Waals surface area contributed by atoms with Gasteiger partial charge in [-0.15, -0.1) is 0 Å². The molecule has 0 aliphatic heterocycles. The minimum atomic E-state index is -0.402. The molecule has 1 aromatic carbocycles. The summed E-state index contributed by atoms with van der Waals surface area (Å²) >= 11 is 3.27. The van der Waals surface area contributed by atoms with Crippen LogP contribution in [-0.4, -0.2) is 11.9 Å². The molecule has 0 bridgehead atoms. The molecule has 19 heavy (non-hydrogen) atoms. The van der Waals surface area contributed by atoms with Crippen molar-refractivity contribution in [1.29, 1.82) is 0 Å². The predicted molar refractivity (Wildman–Crippen MR) is 79.7 cm³/mol. The molecule has 0 fully saturated rings. The van der Waals surface area contributed by atoms with Crippen molar-refractivity contribution in [2.24, 2.45) is 5.92 Å². The molecule has 1 rings (SSSR count). The Hall–Kier alpha value is -0.900. The summed E-state index contributed by atoms with van der Waals surface area (Å²) in [6, 6.07) is 4.22. The Morgan fingerprint density at radius 1 is 1.32 bits per heavy atom. The van der Waals surface area contributed by atoms with E-state index in [0.717, 1.165) is 19.3 Å². The van der Waals surface area contributed by atoms with Crippen LogP contribution in [0.4, 0.5) is 4.39 Å². The number of nitrogens with one attached hydrogen (secondary N) is 1. The largest absolute Gasteiger partial charge is 0.350 e. The molecule has 1 amide bonds. The average Bonchev–Trinajstić information content (AvgIpc) is 2.31. The summed E-state index contributed by atoms with van der Waals surface area (Å²) in [6.45, 7) is 6.35.